The Labute approximate surface area is 153 Å². The van der Waals surface area contributed by atoms with Gasteiger partial charge in [-0.25, -0.2) is 4.99 Å². The van der Waals surface area contributed by atoms with E-state index in [1.807, 2.05) is 37.3 Å². The second-order valence-electron chi connectivity index (χ2n) is 6.81. The van der Waals surface area contributed by atoms with Crippen LogP contribution in [0.4, 0.5) is 0 Å². The van der Waals surface area contributed by atoms with Gasteiger partial charge in [0, 0.05) is 12.0 Å². The molecule has 5 nitrogen and oxygen atoms in total. The summed E-state index contributed by atoms with van der Waals surface area (Å²) in [5.41, 5.74) is 1.09. The molecule has 2 atom stereocenters. The number of para-hydroxylation sites is 1. The summed E-state index contributed by atoms with van der Waals surface area (Å²) in [5.74, 6) is 0.966. The van der Waals surface area contributed by atoms with Crippen LogP contribution < -0.4 is 19.6 Å². The van der Waals surface area contributed by atoms with Gasteiger partial charge in [-0.2, -0.15) is 0 Å². The van der Waals surface area contributed by atoms with Crippen molar-refractivity contribution in [1.82, 2.24) is 4.57 Å². The van der Waals surface area contributed by atoms with Gasteiger partial charge in [0.1, 0.15) is 11.5 Å². The van der Waals surface area contributed by atoms with Crippen LogP contribution in [0.2, 0.25) is 0 Å². The molecule has 26 heavy (non-hydrogen) atoms. The number of hydrogen-bond donors (Lipinski definition) is 1. The van der Waals surface area contributed by atoms with Crippen molar-refractivity contribution in [2.24, 2.45) is 4.99 Å². The Kier molecular flexibility index (Phi) is 3.15. The van der Waals surface area contributed by atoms with Crippen molar-refractivity contribution in [2.45, 2.75) is 25.1 Å². The smallest absolute Gasteiger partial charge is 0.270 e. The van der Waals surface area contributed by atoms with Gasteiger partial charge in [-0.15, -0.1) is 0 Å². The molecule has 1 aromatic heterocycles. The van der Waals surface area contributed by atoms with Crippen LogP contribution >= 0.6 is 11.3 Å². The van der Waals surface area contributed by atoms with Crippen molar-refractivity contribution < 1.29 is 9.84 Å². The summed E-state index contributed by atoms with van der Waals surface area (Å²) in [6.07, 6.45) is 2.44. The quantitative estimate of drug-likeness (QED) is 0.720. The SMILES string of the molecule is C[C@]12C[C@H](c3ccccc3O1)n1c(s/c(=C\c3cccc(O)c3)c1=O)=N2. The second-order valence-corrected chi connectivity index (χ2v) is 7.82. The van der Waals surface area contributed by atoms with E-state index < -0.39 is 5.72 Å². The van der Waals surface area contributed by atoms with Gasteiger partial charge in [0.15, 0.2) is 4.80 Å². The van der Waals surface area contributed by atoms with Crippen molar-refractivity contribution in [3.8, 4) is 11.5 Å². The number of nitrogens with zero attached hydrogens (tertiary/aromatic N) is 2. The third-order valence-corrected chi connectivity index (χ3v) is 5.81. The molecule has 3 aromatic rings. The molecule has 1 N–H and O–H groups in total. The third-order valence-electron chi connectivity index (χ3n) is 4.83. The number of ether oxygens (including phenoxy) is 1. The predicted octanol–water partition coefficient (Wildman–Crippen LogP) is 2.17. The van der Waals surface area contributed by atoms with Crippen LogP contribution in [0, 0.1) is 0 Å². The molecule has 5 rings (SSSR count). The third kappa shape index (κ3) is 2.29. The minimum absolute atomic E-state index is 0.0548. The molecule has 130 valence electrons. The van der Waals surface area contributed by atoms with Crippen LogP contribution in [0.1, 0.15) is 30.5 Å². The lowest BCUT2D eigenvalue weighted by Gasteiger charge is -2.39. The van der Waals surface area contributed by atoms with Gasteiger partial charge in [-0.05, 0) is 36.8 Å². The van der Waals surface area contributed by atoms with Gasteiger partial charge in [0.25, 0.3) is 5.56 Å². The summed E-state index contributed by atoms with van der Waals surface area (Å²) in [5, 5.41) is 9.65. The van der Waals surface area contributed by atoms with E-state index in [0.29, 0.717) is 15.8 Å². The lowest BCUT2D eigenvalue weighted by Crippen LogP contribution is -2.49. The molecule has 0 saturated heterocycles. The van der Waals surface area contributed by atoms with Crippen molar-refractivity contribution >= 4 is 17.4 Å². The minimum Gasteiger partial charge on any atom is -0.508 e. The largest absolute Gasteiger partial charge is 0.508 e. The highest BCUT2D eigenvalue weighted by Crippen LogP contribution is 2.42. The molecule has 0 spiro atoms. The average molecular weight is 364 g/mol. The fourth-order valence-corrected chi connectivity index (χ4v) is 4.83. The lowest BCUT2D eigenvalue weighted by molar-refractivity contribution is 0.0410. The molecule has 2 bridgehead atoms. The maximum Gasteiger partial charge on any atom is 0.270 e. The number of thiazole rings is 1. The lowest BCUT2D eigenvalue weighted by atomic mass is 9.93. The van der Waals surface area contributed by atoms with Crippen LogP contribution in [0.25, 0.3) is 6.08 Å². The number of aromatic nitrogens is 1. The monoisotopic (exact) mass is 364 g/mol. The molecule has 3 heterocycles. The highest BCUT2D eigenvalue weighted by atomic mass is 32.1. The fraction of sp³-hybridized carbons (Fsp3) is 0.200. The van der Waals surface area contributed by atoms with Crippen LogP contribution in [0.5, 0.6) is 11.5 Å². The molecule has 2 aliphatic heterocycles. The van der Waals surface area contributed by atoms with Crippen molar-refractivity contribution in [1.29, 1.82) is 0 Å². The van der Waals surface area contributed by atoms with Crippen LogP contribution in [0.3, 0.4) is 0 Å². The first-order valence-corrected chi connectivity index (χ1v) is 9.24. The van der Waals surface area contributed by atoms with Crippen molar-refractivity contribution in [2.75, 3.05) is 0 Å². The zero-order valence-electron chi connectivity index (χ0n) is 14.0. The molecule has 0 amide bonds. The first-order chi connectivity index (χ1) is 12.5. The Morgan fingerprint density at radius 2 is 2.15 bits per heavy atom. The molecule has 2 aromatic carbocycles. The summed E-state index contributed by atoms with van der Waals surface area (Å²) in [6, 6.07) is 14.6. The molecule has 0 aliphatic carbocycles. The number of rotatable bonds is 1. The maximum absolute atomic E-state index is 13.1. The van der Waals surface area contributed by atoms with Crippen molar-refractivity contribution in [3.05, 3.63) is 79.3 Å². The summed E-state index contributed by atoms with van der Waals surface area (Å²) in [6.45, 7) is 1.96. The first-order valence-electron chi connectivity index (χ1n) is 8.42. The second kappa shape index (κ2) is 5.32. The number of phenols is 1. The normalized spacial score (nSPS) is 23.6. The number of phenolic OH excluding ortho intramolecular Hbond substituents is 1. The van der Waals surface area contributed by atoms with Crippen molar-refractivity contribution in [3.63, 3.8) is 0 Å². The van der Waals surface area contributed by atoms with Gasteiger partial charge in [-0.1, -0.05) is 41.7 Å². The van der Waals surface area contributed by atoms with E-state index in [-0.39, 0.29) is 17.4 Å². The van der Waals surface area contributed by atoms with Crippen LogP contribution in [-0.2, 0) is 0 Å². The predicted molar refractivity (Wildman–Crippen MR) is 99.3 cm³/mol. The highest BCUT2D eigenvalue weighted by molar-refractivity contribution is 7.07. The number of benzene rings is 2. The van der Waals surface area contributed by atoms with Crippen LogP contribution in [-0.4, -0.2) is 15.4 Å². The fourth-order valence-electron chi connectivity index (χ4n) is 3.70. The zero-order valence-corrected chi connectivity index (χ0v) is 14.9. The Balaban J connectivity index is 1.76. The summed E-state index contributed by atoms with van der Waals surface area (Å²) < 4.78 is 8.49. The van der Waals surface area contributed by atoms with Gasteiger partial charge >= 0.3 is 0 Å². The van der Waals surface area contributed by atoms with E-state index in [1.54, 1.807) is 28.8 Å². The molecule has 0 saturated carbocycles. The summed E-state index contributed by atoms with van der Waals surface area (Å²) in [4.78, 5) is 18.5. The first kappa shape index (κ1) is 15.4. The molecular formula is C20H16N2O3S. The zero-order chi connectivity index (χ0) is 17.9. The highest BCUT2D eigenvalue weighted by Gasteiger charge is 2.42. The molecule has 0 fully saturated rings. The number of fused-ring (bicyclic) bond motifs is 6. The Bertz CT molecular complexity index is 1210. The van der Waals surface area contributed by atoms with E-state index >= 15 is 0 Å². The Hall–Kier alpha value is -2.86. The van der Waals surface area contributed by atoms with Crippen LogP contribution in [0.15, 0.2) is 58.3 Å². The Morgan fingerprint density at radius 3 is 3.00 bits per heavy atom. The van der Waals surface area contributed by atoms with E-state index in [0.717, 1.165) is 16.9 Å². The summed E-state index contributed by atoms with van der Waals surface area (Å²) >= 11 is 1.36. The molecule has 0 unspecified atom stereocenters. The summed E-state index contributed by atoms with van der Waals surface area (Å²) in [7, 11) is 0. The topological polar surface area (TPSA) is 63.8 Å². The standard InChI is InChI=1S/C20H16N2O3S/c1-20-11-15(14-7-2-3-8-16(14)25-20)22-18(24)17(26-19(22)21-20)10-12-5-4-6-13(23)9-12/h2-10,15,23H,11H2,1H3/b17-10-/t15-,20-/m1/s1. The minimum atomic E-state index is -0.654. The van der Waals surface area contributed by atoms with E-state index in [9.17, 15) is 9.90 Å². The molecular weight excluding hydrogens is 348 g/mol. The van der Waals surface area contributed by atoms with E-state index in [1.165, 1.54) is 11.3 Å². The number of hydrogen-bond acceptors (Lipinski definition) is 5. The molecule has 2 aliphatic rings. The molecule has 6 heteroatoms. The van der Waals surface area contributed by atoms with E-state index in [2.05, 4.69) is 0 Å². The number of aromatic hydroxyl groups is 1. The average Bonchev–Trinajstić information content (AvgIpc) is 2.89. The van der Waals surface area contributed by atoms with Gasteiger partial charge in [-0.3, -0.25) is 9.36 Å². The van der Waals surface area contributed by atoms with Gasteiger partial charge < -0.3 is 9.84 Å². The molecule has 0 radical (unpaired) electrons. The Morgan fingerprint density at radius 1 is 1.31 bits per heavy atom. The van der Waals surface area contributed by atoms with Gasteiger partial charge in [0.2, 0.25) is 5.72 Å². The van der Waals surface area contributed by atoms with Gasteiger partial charge in [0.05, 0.1) is 10.6 Å². The van der Waals surface area contributed by atoms with E-state index in [4.69, 9.17) is 9.73 Å². The maximum atomic E-state index is 13.1.